The fourth-order valence-electron chi connectivity index (χ4n) is 2.98. The molecule has 1 aromatic rings. The van der Waals surface area contributed by atoms with E-state index < -0.39 is 0 Å². The van der Waals surface area contributed by atoms with E-state index in [2.05, 4.69) is 16.7 Å². The van der Waals surface area contributed by atoms with Crippen LogP contribution in [0.25, 0.3) is 0 Å². The summed E-state index contributed by atoms with van der Waals surface area (Å²) in [7, 11) is 3.55. The summed E-state index contributed by atoms with van der Waals surface area (Å²) in [6.45, 7) is 6.05. The highest BCUT2D eigenvalue weighted by molar-refractivity contribution is 5.77. The molecule has 0 aromatic heterocycles. The number of benzene rings is 1. The first-order valence-electron chi connectivity index (χ1n) is 8.29. The number of hydrogen-bond acceptors (Lipinski definition) is 5. The zero-order valence-electron chi connectivity index (χ0n) is 14.6. The van der Waals surface area contributed by atoms with E-state index in [1.54, 1.807) is 31.1 Å². The lowest BCUT2D eigenvalue weighted by Crippen LogP contribution is -2.39. The van der Waals surface area contributed by atoms with Crippen molar-refractivity contribution in [2.24, 2.45) is 0 Å². The van der Waals surface area contributed by atoms with Gasteiger partial charge in [0, 0.05) is 51.9 Å². The number of carbonyl (C=O) groups excluding carboxylic acids is 1. The molecule has 132 valence electrons. The maximum Gasteiger partial charge on any atom is 0.269 e. The first kappa shape index (κ1) is 18.4. The van der Waals surface area contributed by atoms with Crippen molar-refractivity contribution < 1.29 is 9.72 Å². The van der Waals surface area contributed by atoms with Crippen molar-refractivity contribution in [3.8, 4) is 0 Å². The van der Waals surface area contributed by atoms with Gasteiger partial charge in [-0.2, -0.15) is 0 Å². The summed E-state index contributed by atoms with van der Waals surface area (Å²) in [5.41, 5.74) is 1.09. The minimum absolute atomic E-state index is 0.120. The molecule has 1 atom stereocenters. The van der Waals surface area contributed by atoms with Crippen LogP contribution in [0.4, 0.5) is 5.69 Å². The molecule has 1 fully saturated rings. The molecule has 1 heterocycles. The Morgan fingerprint density at radius 3 is 2.71 bits per heavy atom. The second-order valence-electron chi connectivity index (χ2n) is 6.48. The van der Waals surface area contributed by atoms with Crippen LogP contribution in [0.2, 0.25) is 0 Å². The summed E-state index contributed by atoms with van der Waals surface area (Å²) in [5, 5.41) is 11.0. The molecule has 1 aliphatic rings. The topological polar surface area (TPSA) is 69.9 Å². The first-order chi connectivity index (χ1) is 11.4. The molecule has 7 heteroatoms. The number of amides is 1. The van der Waals surface area contributed by atoms with E-state index >= 15 is 0 Å². The second-order valence-corrected chi connectivity index (χ2v) is 6.48. The molecule has 0 radical (unpaired) electrons. The van der Waals surface area contributed by atoms with E-state index in [0.29, 0.717) is 6.54 Å². The van der Waals surface area contributed by atoms with Crippen LogP contribution < -0.4 is 0 Å². The van der Waals surface area contributed by atoms with Gasteiger partial charge in [-0.05, 0) is 25.5 Å². The van der Waals surface area contributed by atoms with Crippen LogP contribution in [0.15, 0.2) is 24.3 Å². The monoisotopic (exact) mass is 334 g/mol. The Morgan fingerprint density at radius 2 is 2.04 bits per heavy atom. The fourth-order valence-corrected chi connectivity index (χ4v) is 2.98. The van der Waals surface area contributed by atoms with E-state index in [1.165, 1.54) is 6.07 Å². The molecule has 1 saturated heterocycles. The average Bonchev–Trinajstić information content (AvgIpc) is 2.79. The molecule has 0 saturated carbocycles. The molecular weight excluding hydrogens is 308 g/mol. The molecule has 7 nitrogen and oxygen atoms in total. The fraction of sp³-hybridized carbons (Fsp3) is 0.588. The molecule has 1 aromatic carbocycles. The molecule has 1 aliphatic heterocycles. The van der Waals surface area contributed by atoms with Gasteiger partial charge in [0.2, 0.25) is 5.91 Å². The summed E-state index contributed by atoms with van der Waals surface area (Å²) in [5.74, 6) is 0.121. The van der Waals surface area contributed by atoms with Gasteiger partial charge in [0.05, 0.1) is 11.5 Å². The normalized spacial score (nSPS) is 18.0. The largest absolute Gasteiger partial charge is 0.348 e. The van der Waals surface area contributed by atoms with Gasteiger partial charge in [0.1, 0.15) is 0 Å². The predicted octanol–water partition coefficient (Wildman–Crippen LogP) is 1.75. The number of carbonyl (C=O) groups is 1. The number of hydrogen-bond donors (Lipinski definition) is 0. The predicted molar refractivity (Wildman–Crippen MR) is 92.8 cm³/mol. The van der Waals surface area contributed by atoms with Crippen LogP contribution in [0, 0.1) is 10.1 Å². The van der Waals surface area contributed by atoms with Crippen LogP contribution in [0.5, 0.6) is 0 Å². The number of non-ortho nitro benzene ring substituents is 1. The van der Waals surface area contributed by atoms with E-state index in [1.807, 2.05) is 6.07 Å². The van der Waals surface area contributed by atoms with Crippen LogP contribution in [0.1, 0.15) is 24.9 Å². The van der Waals surface area contributed by atoms with Crippen molar-refractivity contribution in [2.45, 2.75) is 19.4 Å². The van der Waals surface area contributed by atoms with Gasteiger partial charge < -0.3 is 4.90 Å². The minimum atomic E-state index is -0.354. The highest BCUT2D eigenvalue weighted by Crippen LogP contribution is 2.24. The van der Waals surface area contributed by atoms with Gasteiger partial charge in [-0.3, -0.25) is 24.7 Å². The summed E-state index contributed by atoms with van der Waals surface area (Å²) < 4.78 is 0. The van der Waals surface area contributed by atoms with Gasteiger partial charge in [-0.1, -0.05) is 12.1 Å². The zero-order chi connectivity index (χ0) is 17.7. The van der Waals surface area contributed by atoms with Crippen LogP contribution in [-0.4, -0.2) is 72.3 Å². The molecule has 1 amide bonds. The van der Waals surface area contributed by atoms with Gasteiger partial charge in [0.25, 0.3) is 5.69 Å². The molecule has 0 N–H and O–H groups in total. The van der Waals surface area contributed by atoms with Crippen molar-refractivity contribution in [2.75, 3.05) is 46.8 Å². The van der Waals surface area contributed by atoms with Gasteiger partial charge in [-0.15, -0.1) is 0 Å². The van der Waals surface area contributed by atoms with Crippen molar-refractivity contribution >= 4 is 11.6 Å². The van der Waals surface area contributed by atoms with E-state index in [0.717, 1.165) is 38.2 Å². The molecule has 0 bridgehead atoms. The van der Waals surface area contributed by atoms with Crippen LogP contribution >= 0.6 is 0 Å². The summed E-state index contributed by atoms with van der Waals surface area (Å²) in [4.78, 5) is 28.6. The Labute approximate surface area is 143 Å². The number of likely N-dealkylation sites (N-methyl/N-ethyl adjacent to an activating group) is 1. The quantitative estimate of drug-likeness (QED) is 0.606. The third kappa shape index (κ3) is 4.75. The number of rotatable bonds is 5. The SMILES string of the molecule is CC(c1cccc([N+](=O)[O-])c1)N1CCCN(CC(=O)N(C)C)CC1. The number of nitro benzene ring substituents is 1. The Morgan fingerprint density at radius 1 is 1.29 bits per heavy atom. The van der Waals surface area contributed by atoms with Crippen molar-refractivity contribution in [1.82, 2.24) is 14.7 Å². The molecule has 2 rings (SSSR count). The lowest BCUT2D eigenvalue weighted by atomic mass is 10.1. The summed E-state index contributed by atoms with van der Waals surface area (Å²) in [6, 6.07) is 6.98. The Bertz CT molecular complexity index is 591. The van der Waals surface area contributed by atoms with Crippen molar-refractivity contribution in [3.05, 3.63) is 39.9 Å². The maximum atomic E-state index is 11.9. The summed E-state index contributed by atoms with van der Waals surface area (Å²) >= 11 is 0. The third-order valence-electron chi connectivity index (χ3n) is 4.59. The molecule has 24 heavy (non-hydrogen) atoms. The highest BCUT2D eigenvalue weighted by atomic mass is 16.6. The molecule has 0 aliphatic carbocycles. The van der Waals surface area contributed by atoms with Gasteiger partial charge in [0.15, 0.2) is 0 Å². The lowest BCUT2D eigenvalue weighted by Gasteiger charge is -2.28. The second kappa shape index (κ2) is 8.21. The Balaban J connectivity index is 1.99. The molecule has 0 spiro atoms. The van der Waals surface area contributed by atoms with Crippen LogP contribution in [0.3, 0.4) is 0 Å². The summed E-state index contributed by atoms with van der Waals surface area (Å²) in [6.07, 6.45) is 0.986. The maximum absolute atomic E-state index is 11.9. The first-order valence-corrected chi connectivity index (χ1v) is 8.29. The standard InChI is InChI=1S/C17H26N4O3/c1-14(15-6-4-7-16(12-15)21(23)24)20-9-5-8-19(10-11-20)13-17(22)18(2)3/h4,6-7,12,14H,5,8-11,13H2,1-3H3. The third-order valence-corrected chi connectivity index (χ3v) is 4.59. The number of nitro groups is 1. The van der Waals surface area contributed by atoms with Crippen molar-refractivity contribution in [3.63, 3.8) is 0 Å². The van der Waals surface area contributed by atoms with Gasteiger partial charge in [-0.25, -0.2) is 0 Å². The zero-order valence-corrected chi connectivity index (χ0v) is 14.6. The average molecular weight is 334 g/mol. The van der Waals surface area contributed by atoms with Crippen LogP contribution in [-0.2, 0) is 4.79 Å². The van der Waals surface area contributed by atoms with Crippen molar-refractivity contribution in [1.29, 1.82) is 0 Å². The molecule has 1 unspecified atom stereocenters. The Hall–Kier alpha value is -1.99. The Kier molecular flexibility index (Phi) is 6.28. The number of nitrogens with zero attached hydrogens (tertiary/aromatic N) is 4. The van der Waals surface area contributed by atoms with E-state index in [-0.39, 0.29) is 22.6 Å². The van der Waals surface area contributed by atoms with Gasteiger partial charge >= 0.3 is 0 Å². The minimum Gasteiger partial charge on any atom is -0.348 e. The van der Waals surface area contributed by atoms with E-state index in [9.17, 15) is 14.9 Å². The van der Waals surface area contributed by atoms with E-state index in [4.69, 9.17) is 0 Å². The lowest BCUT2D eigenvalue weighted by molar-refractivity contribution is -0.384. The molecular formula is C17H26N4O3. The highest BCUT2D eigenvalue weighted by Gasteiger charge is 2.22. The smallest absolute Gasteiger partial charge is 0.269 e.